The first kappa shape index (κ1) is 14.2. The Labute approximate surface area is 109 Å². The number of amides is 2. The largest absolute Gasteiger partial charge is 0.395 e. The highest BCUT2D eigenvalue weighted by Crippen LogP contribution is 2.13. The van der Waals surface area contributed by atoms with Gasteiger partial charge in [-0.1, -0.05) is 11.8 Å². The van der Waals surface area contributed by atoms with Gasteiger partial charge in [-0.3, -0.25) is 9.59 Å². The minimum atomic E-state index is -0.301. The standard InChI is InChI=1S/C12H14N2O3S/c1-13-11(16)7-14-12(17)9-6-10(18-8-9)4-2-3-5-15/h6,8,15H,3,5,7H2,1H3,(H,13,16)(H,14,17). The summed E-state index contributed by atoms with van der Waals surface area (Å²) < 4.78 is 0. The molecule has 0 aliphatic carbocycles. The van der Waals surface area contributed by atoms with Gasteiger partial charge in [0.05, 0.1) is 23.6 Å². The van der Waals surface area contributed by atoms with Crippen LogP contribution in [0.4, 0.5) is 0 Å². The molecule has 0 fully saturated rings. The van der Waals surface area contributed by atoms with E-state index in [9.17, 15) is 9.59 Å². The van der Waals surface area contributed by atoms with Crippen LogP contribution >= 0.6 is 11.3 Å². The van der Waals surface area contributed by atoms with Gasteiger partial charge in [-0.05, 0) is 6.07 Å². The number of aliphatic hydroxyl groups is 1. The summed E-state index contributed by atoms with van der Waals surface area (Å²) in [6.07, 6.45) is 0.413. The summed E-state index contributed by atoms with van der Waals surface area (Å²) in [5.74, 6) is 5.07. The number of nitrogens with one attached hydrogen (secondary N) is 2. The lowest BCUT2D eigenvalue weighted by Crippen LogP contribution is -2.34. The van der Waals surface area contributed by atoms with Crippen LogP contribution in [0.25, 0.3) is 0 Å². The number of carbonyl (C=O) groups is 2. The molecule has 3 N–H and O–H groups in total. The van der Waals surface area contributed by atoms with E-state index in [1.807, 2.05) is 0 Å². The molecule has 0 atom stereocenters. The summed E-state index contributed by atoms with van der Waals surface area (Å²) in [6, 6.07) is 1.66. The van der Waals surface area contributed by atoms with Crippen molar-refractivity contribution in [1.29, 1.82) is 0 Å². The fraction of sp³-hybridized carbons (Fsp3) is 0.333. The van der Waals surface area contributed by atoms with Crippen LogP contribution in [0, 0.1) is 11.8 Å². The summed E-state index contributed by atoms with van der Waals surface area (Å²) in [7, 11) is 1.51. The van der Waals surface area contributed by atoms with Crippen molar-refractivity contribution in [2.75, 3.05) is 20.2 Å². The summed E-state index contributed by atoms with van der Waals surface area (Å²) in [4.78, 5) is 23.4. The Hall–Kier alpha value is -1.84. The Morgan fingerprint density at radius 3 is 2.94 bits per heavy atom. The molecule has 18 heavy (non-hydrogen) atoms. The van der Waals surface area contributed by atoms with Crippen LogP contribution in [0.5, 0.6) is 0 Å². The molecule has 0 aliphatic heterocycles. The lowest BCUT2D eigenvalue weighted by atomic mass is 10.3. The number of thiophene rings is 1. The first-order valence-corrected chi connectivity index (χ1v) is 6.22. The maximum Gasteiger partial charge on any atom is 0.252 e. The quantitative estimate of drug-likeness (QED) is 0.669. The predicted octanol–water partition coefficient (Wildman–Crippen LogP) is -0.0422. The van der Waals surface area contributed by atoms with Gasteiger partial charge in [0, 0.05) is 18.8 Å². The van der Waals surface area contributed by atoms with Gasteiger partial charge in [0.2, 0.25) is 5.91 Å². The van der Waals surface area contributed by atoms with Crippen LogP contribution in [0.3, 0.4) is 0 Å². The molecule has 1 rings (SSSR count). The Balaban J connectivity index is 2.55. The molecule has 5 nitrogen and oxygen atoms in total. The second kappa shape index (κ2) is 7.48. The molecule has 0 unspecified atom stereocenters. The highest BCUT2D eigenvalue weighted by Gasteiger charge is 2.08. The minimum Gasteiger partial charge on any atom is -0.395 e. The third-order valence-electron chi connectivity index (χ3n) is 2.00. The molecule has 1 aromatic heterocycles. The average Bonchev–Trinajstić information content (AvgIpc) is 2.84. The van der Waals surface area contributed by atoms with Gasteiger partial charge in [-0.2, -0.15) is 0 Å². The van der Waals surface area contributed by atoms with E-state index >= 15 is 0 Å². The number of carbonyl (C=O) groups excluding carboxylic acids is 2. The van der Waals surface area contributed by atoms with Gasteiger partial charge in [0.1, 0.15) is 0 Å². The van der Waals surface area contributed by atoms with Crippen molar-refractivity contribution < 1.29 is 14.7 Å². The van der Waals surface area contributed by atoms with E-state index in [1.165, 1.54) is 18.4 Å². The zero-order valence-electron chi connectivity index (χ0n) is 9.95. The molecule has 1 heterocycles. The van der Waals surface area contributed by atoms with Gasteiger partial charge in [-0.25, -0.2) is 0 Å². The Kier molecular flexibility index (Phi) is 5.91. The second-order valence-electron chi connectivity index (χ2n) is 3.33. The normalized spacial score (nSPS) is 9.22. The zero-order valence-corrected chi connectivity index (χ0v) is 10.8. The van der Waals surface area contributed by atoms with Crippen molar-refractivity contribution >= 4 is 23.2 Å². The molecule has 0 radical (unpaired) electrons. The summed E-state index contributed by atoms with van der Waals surface area (Å²) >= 11 is 1.35. The van der Waals surface area contributed by atoms with Crippen LogP contribution in [-0.4, -0.2) is 37.1 Å². The van der Waals surface area contributed by atoms with Crippen molar-refractivity contribution in [3.05, 3.63) is 21.9 Å². The molecule has 2 amide bonds. The number of hydrogen-bond donors (Lipinski definition) is 3. The highest BCUT2D eigenvalue weighted by molar-refractivity contribution is 7.10. The van der Waals surface area contributed by atoms with Crippen molar-refractivity contribution in [3.63, 3.8) is 0 Å². The van der Waals surface area contributed by atoms with E-state index in [0.717, 1.165) is 4.88 Å². The fourth-order valence-electron chi connectivity index (χ4n) is 1.08. The van der Waals surface area contributed by atoms with E-state index < -0.39 is 0 Å². The topological polar surface area (TPSA) is 78.4 Å². The first-order valence-electron chi connectivity index (χ1n) is 5.34. The molecule has 6 heteroatoms. The predicted molar refractivity (Wildman–Crippen MR) is 69.3 cm³/mol. The summed E-state index contributed by atoms with van der Waals surface area (Å²) in [5, 5.41) is 15.2. The molecule has 0 bridgehead atoms. The number of likely N-dealkylation sites (N-methyl/N-ethyl adjacent to an activating group) is 1. The SMILES string of the molecule is CNC(=O)CNC(=O)c1csc(C#CCCO)c1. The number of hydrogen-bond acceptors (Lipinski definition) is 4. The molecule has 0 spiro atoms. The van der Waals surface area contributed by atoms with Crippen molar-refractivity contribution in [1.82, 2.24) is 10.6 Å². The van der Waals surface area contributed by atoms with E-state index in [4.69, 9.17) is 5.11 Å². The molecular weight excluding hydrogens is 252 g/mol. The van der Waals surface area contributed by atoms with E-state index in [0.29, 0.717) is 12.0 Å². The minimum absolute atomic E-state index is 0.0256. The Morgan fingerprint density at radius 2 is 2.28 bits per heavy atom. The zero-order chi connectivity index (χ0) is 13.4. The lowest BCUT2D eigenvalue weighted by molar-refractivity contribution is -0.119. The molecule has 0 saturated carbocycles. The maximum absolute atomic E-state index is 11.6. The third kappa shape index (κ3) is 4.57. The van der Waals surface area contributed by atoms with Crippen LogP contribution in [0.2, 0.25) is 0 Å². The maximum atomic E-state index is 11.6. The smallest absolute Gasteiger partial charge is 0.252 e. The average molecular weight is 266 g/mol. The van der Waals surface area contributed by atoms with E-state index in [1.54, 1.807) is 11.4 Å². The first-order chi connectivity index (χ1) is 8.67. The molecule has 0 aromatic carbocycles. The third-order valence-corrected chi connectivity index (χ3v) is 2.84. The Bertz CT molecular complexity index is 485. The number of rotatable bonds is 4. The van der Waals surface area contributed by atoms with Gasteiger partial charge in [0.15, 0.2) is 0 Å². The van der Waals surface area contributed by atoms with Gasteiger partial charge >= 0.3 is 0 Å². The van der Waals surface area contributed by atoms with E-state index in [2.05, 4.69) is 22.5 Å². The van der Waals surface area contributed by atoms with Crippen molar-refractivity contribution in [3.8, 4) is 11.8 Å². The van der Waals surface area contributed by atoms with Crippen LogP contribution in [0.1, 0.15) is 21.7 Å². The second-order valence-corrected chi connectivity index (χ2v) is 4.24. The van der Waals surface area contributed by atoms with E-state index in [-0.39, 0.29) is 25.0 Å². The van der Waals surface area contributed by atoms with Crippen LogP contribution < -0.4 is 10.6 Å². The van der Waals surface area contributed by atoms with Crippen LogP contribution in [0.15, 0.2) is 11.4 Å². The van der Waals surface area contributed by atoms with Crippen molar-refractivity contribution in [2.24, 2.45) is 0 Å². The monoisotopic (exact) mass is 266 g/mol. The lowest BCUT2D eigenvalue weighted by Gasteiger charge is -2.01. The Morgan fingerprint density at radius 1 is 1.50 bits per heavy atom. The fourth-order valence-corrected chi connectivity index (χ4v) is 1.83. The summed E-state index contributed by atoms with van der Waals surface area (Å²) in [6.45, 7) is -0.0193. The molecule has 0 aliphatic rings. The molecule has 1 aromatic rings. The van der Waals surface area contributed by atoms with Gasteiger partial charge in [0.25, 0.3) is 5.91 Å². The molecule has 0 saturated heterocycles. The summed E-state index contributed by atoms with van der Waals surface area (Å²) in [5.41, 5.74) is 0.484. The highest BCUT2D eigenvalue weighted by atomic mass is 32.1. The van der Waals surface area contributed by atoms with Crippen molar-refractivity contribution in [2.45, 2.75) is 6.42 Å². The van der Waals surface area contributed by atoms with Gasteiger partial charge < -0.3 is 15.7 Å². The van der Waals surface area contributed by atoms with Crippen LogP contribution in [-0.2, 0) is 4.79 Å². The molecular formula is C12H14N2O3S. The van der Waals surface area contributed by atoms with Gasteiger partial charge in [-0.15, -0.1) is 11.3 Å². The number of aliphatic hydroxyl groups excluding tert-OH is 1. The molecule has 96 valence electrons.